The third-order valence-corrected chi connectivity index (χ3v) is 6.44. The van der Waals surface area contributed by atoms with Crippen molar-refractivity contribution in [2.24, 2.45) is 5.92 Å². The van der Waals surface area contributed by atoms with Crippen LogP contribution in [0.4, 0.5) is 4.39 Å². The number of hydrogen-bond donors (Lipinski definition) is 1. The minimum absolute atomic E-state index is 0.0374. The number of aryl methyl sites for hydroxylation is 1. The van der Waals surface area contributed by atoms with Gasteiger partial charge in [-0.1, -0.05) is 42.3 Å². The van der Waals surface area contributed by atoms with E-state index < -0.39 is 5.60 Å². The molecule has 1 saturated carbocycles. The molecule has 2 aliphatic rings. The number of halogens is 1. The number of benzene rings is 2. The van der Waals surface area contributed by atoms with Gasteiger partial charge in [0.2, 0.25) is 0 Å². The summed E-state index contributed by atoms with van der Waals surface area (Å²) in [6.07, 6.45) is 5.07. The number of hydrogen-bond acceptors (Lipinski definition) is 1. The molecule has 134 valence electrons. The number of rotatable bonds is 2. The van der Waals surface area contributed by atoms with Crippen molar-refractivity contribution >= 4 is 0 Å². The molecule has 0 unspecified atom stereocenters. The summed E-state index contributed by atoms with van der Waals surface area (Å²) in [6.45, 7) is 1.79. The molecular weight excluding hydrogens is 323 g/mol. The highest BCUT2D eigenvalue weighted by Gasteiger charge is 2.51. The van der Waals surface area contributed by atoms with Gasteiger partial charge in [0, 0.05) is 5.41 Å². The molecule has 1 fully saturated rings. The SMILES string of the molecule is CC#C[C@@]1(O)CC[C@@]2(Cc3ccccc3)c3ccc(F)cc3CC[C@@H]2C1. The van der Waals surface area contributed by atoms with Crippen LogP contribution in [0.25, 0.3) is 0 Å². The molecule has 2 aromatic rings. The summed E-state index contributed by atoms with van der Waals surface area (Å²) in [7, 11) is 0. The lowest BCUT2D eigenvalue weighted by Gasteiger charge is -2.52. The molecule has 4 rings (SSSR count). The molecular formula is C24H25FO. The lowest BCUT2D eigenvalue weighted by Crippen LogP contribution is -2.50. The van der Waals surface area contributed by atoms with E-state index in [4.69, 9.17) is 0 Å². The van der Waals surface area contributed by atoms with E-state index in [1.54, 1.807) is 19.1 Å². The van der Waals surface area contributed by atoms with E-state index in [1.165, 1.54) is 11.1 Å². The summed E-state index contributed by atoms with van der Waals surface area (Å²) in [4.78, 5) is 0. The summed E-state index contributed by atoms with van der Waals surface area (Å²) < 4.78 is 13.8. The van der Waals surface area contributed by atoms with E-state index >= 15 is 0 Å². The van der Waals surface area contributed by atoms with Crippen molar-refractivity contribution in [2.75, 3.05) is 0 Å². The van der Waals surface area contributed by atoms with Crippen LogP contribution in [0, 0.1) is 23.6 Å². The van der Waals surface area contributed by atoms with Gasteiger partial charge in [-0.25, -0.2) is 4.39 Å². The maximum atomic E-state index is 13.8. The molecule has 0 aromatic heterocycles. The van der Waals surface area contributed by atoms with E-state index in [0.29, 0.717) is 18.8 Å². The van der Waals surface area contributed by atoms with E-state index in [1.807, 2.05) is 12.1 Å². The molecule has 26 heavy (non-hydrogen) atoms. The Morgan fingerprint density at radius 2 is 1.96 bits per heavy atom. The zero-order valence-corrected chi connectivity index (χ0v) is 15.3. The molecule has 2 heteroatoms. The van der Waals surface area contributed by atoms with Gasteiger partial charge in [-0.2, -0.15) is 0 Å². The maximum Gasteiger partial charge on any atom is 0.125 e. The molecule has 0 spiro atoms. The predicted octanol–water partition coefficient (Wildman–Crippen LogP) is 4.81. The fourth-order valence-electron chi connectivity index (χ4n) is 5.29. The van der Waals surface area contributed by atoms with E-state index in [0.717, 1.165) is 31.2 Å². The van der Waals surface area contributed by atoms with Gasteiger partial charge in [-0.05, 0) is 80.2 Å². The highest BCUT2D eigenvalue weighted by molar-refractivity contribution is 5.42. The topological polar surface area (TPSA) is 20.2 Å². The Kier molecular flexibility index (Phi) is 4.37. The Balaban J connectivity index is 1.79. The van der Waals surface area contributed by atoms with Gasteiger partial charge >= 0.3 is 0 Å². The molecule has 3 atom stereocenters. The van der Waals surface area contributed by atoms with Crippen molar-refractivity contribution < 1.29 is 9.50 Å². The van der Waals surface area contributed by atoms with Crippen molar-refractivity contribution in [3.63, 3.8) is 0 Å². The molecule has 2 aliphatic carbocycles. The first-order chi connectivity index (χ1) is 12.5. The van der Waals surface area contributed by atoms with Crippen LogP contribution in [-0.4, -0.2) is 10.7 Å². The van der Waals surface area contributed by atoms with Gasteiger partial charge in [0.1, 0.15) is 11.4 Å². The molecule has 0 heterocycles. The van der Waals surface area contributed by atoms with Crippen LogP contribution in [-0.2, 0) is 18.3 Å². The van der Waals surface area contributed by atoms with Gasteiger partial charge in [-0.3, -0.25) is 0 Å². The van der Waals surface area contributed by atoms with Gasteiger partial charge in [-0.15, -0.1) is 5.92 Å². The summed E-state index contributed by atoms with van der Waals surface area (Å²) in [5.41, 5.74) is 2.82. The smallest absolute Gasteiger partial charge is 0.125 e. The zero-order valence-electron chi connectivity index (χ0n) is 15.3. The third kappa shape index (κ3) is 2.95. The average molecular weight is 348 g/mol. The average Bonchev–Trinajstić information content (AvgIpc) is 2.63. The van der Waals surface area contributed by atoms with Crippen LogP contribution in [0.5, 0.6) is 0 Å². The van der Waals surface area contributed by atoms with Crippen molar-refractivity contribution in [1.82, 2.24) is 0 Å². The molecule has 2 aromatic carbocycles. The lowest BCUT2D eigenvalue weighted by molar-refractivity contribution is -0.00805. The summed E-state index contributed by atoms with van der Waals surface area (Å²) in [5.74, 6) is 6.18. The van der Waals surface area contributed by atoms with E-state index in [2.05, 4.69) is 36.1 Å². The number of aliphatic hydroxyl groups is 1. The van der Waals surface area contributed by atoms with Crippen LogP contribution < -0.4 is 0 Å². The van der Waals surface area contributed by atoms with Gasteiger partial charge in [0.05, 0.1) is 0 Å². The third-order valence-electron chi connectivity index (χ3n) is 6.44. The maximum absolute atomic E-state index is 13.8. The quantitative estimate of drug-likeness (QED) is 0.773. The molecule has 0 aliphatic heterocycles. The van der Waals surface area contributed by atoms with Crippen LogP contribution in [0.2, 0.25) is 0 Å². The Bertz CT molecular complexity index is 863. The minimum atomic E-state index is -0.878. The molecule has 0 radical (unpaired) electrons. The Labute approximate surface area is 155 Å². The highest BCUT2D eigenvalue weighted by Crippen LogP contribution is 2.54. The summed E-state index contributed by atoms with van der Waals surface area (Å²) in [6, 6.07) is 15.9. The van der Waals surface area contributed by atoms with Crippen molar-refractivity contribution in [2.45, 2.75) is 56.5 Å². The van der Waals surface area contributed by atoms with Crippen LogP contribution in [0.15, 0.2) is 48.5 Å². The molecule has 1 nitrogen and oxygen atoms in total. The van der Waals surface area contributed by atoms with Crippen LogP contribution >= 0.6 is 0 Å². The van der Waals surface area contributed by atoms with Crippen LogP contribution in [0.1, 0.15) is 49.3 Å². The summed E-state index contributed by atoms with van der Waals surface area (Å²) >= 11 is 0. The molecule has 0 amide bonds. The van der Waals surface area contributed by atoms with Crippen LogP contribution in [0.3, 0.4) is 0 Å². The van der Waals surface area contributed by atoms with Crippen molar-refractivity contribution in [1.29, 1.82) is 0 Å². The molecule has 1 N–H and O–H groups in total. The predicted molar refractivity (Wildman–Crippen MR) is 102 cm³/mol. The largest absolute Gasteiger partial charge is 0.378 e. The lowest BCUT2D eigenvalue weighted by atomic mass is 9.52. The fraction of sp³-hybridized carbons (Fsp3) is 0.417. The first-order valence-corrected chi connectivity index (χ1v) is 9.54. The monoisotopic (exact) mass is 348 g/mol. The highest BCUT2D eigenvalue weighted by atomic mass is 19.1. The minimum Gasteiger partial charge on any atom is -0.378 e. The zero-order chi connectivity index (χ0) is 18.2. The Morgan fingerprint density at radius 1 is 1.15 bits per heavy atom. The first kappa shape index (κ1) is 17.3. The van der Waals surface area contributed by atoms with Crippen molar-refractivity contribution in [3.05, 3.63) is 71.0 Å². The van der Waals surface area contributed by atoms with E-state index in [-0.39, 0.29) is 11.2 Å². The second kappa shape index (κ2) is 6.56. The standard InChI is InChI=1S/C24H25FO/c1-2-12-23(26)13-14-24(16-18-6-4-3-5-7-18)20(17-23)9-8-19-15-21(25)10-11-22(19)24/h3-7,10-11,15,20,26H,8-9,13-14,16-17H2,1H3/t20-,23-,24+/m1/s1. The second-order valence-electron chi connectivity index (χ2n) is 7.97. The second-order valence-corrected chi connectivity index (χ2v) is 7.97. The van der Waals surface area contributed by atoms with Gasteiger partial charge in [0.25, 0.3) is 0 Å². The molecule has 0 bridgehead atoms. The molecule has 0 saturated heterocycles. The number of fused-ring (bicyclic) bond motifs is 3. The van der Waals surface area contributed by atoms with Gasteiger partial charge in [0.15, 0.2) is 0 Å². The Hall–Kier alpha value is -2.11. The summed E-state index contributed by atoms with van der Waals surface area (Å²) in [5, 5.41) is 10.9. The normalized spacial score (nSPS) is 29.9. The van der Waals surface area contributed by atoms with E-state index in [9.17, 15) is 9.50 Å². The van der Waals surface area contributed by atoms with Gasteiger partial charge < -0.3 is 5.11 Å². The fourth-order valence-corrected chi connectivity index (χ4v) is 5.29. The van der Waals surface area contributed by atoms with Crippen molar-refractivity contribution in [3.8, 4) is 11.8 Å². The first-order valence-electron chi connectivity index (χ1n) is 9.54. The Morgan fingerprint density at radius 3 is 2.73 bits per heavy atom.